The molecule has 1 aromatic heterocycles. The standard InChI is InChI=1S/C23H28N4O/c28-22(25-21-9-5-7-16-6-1-2-8-19(16)21)17-10-11-20-18(14-17)15-24-23(26-20)27-12-3-4-13-27/h5,7,9,15,17H,1-4,6,8,10-14H2,(H,25,28)/t17-/m1/s1. The van der Waals surface area contributed by atoms with Crippen LogP contribution in [0.3, 0.4) is 0 Å². The Kier molecular flexibility index (Phi) is 4.75. The molecule has 5 heteroatoms. The minimum absolute atomic E-state index is 0.00758. The molecule has 1 saturated heterocycles. The fraction of sp³-hybridized carbons (Fsp3) is 0.522. The zero-order valence-electron chi connectivity index (χ0n) is 16.4. The predicted molar refractivity (Wildman–Crippen MR) is 111 cm³/mol. The number of carbonyl (C=O) groups excluding carboxylic acids is 1. The largest absolute Gasteiger partial charge is 0.341 e. The Balaban J connectivity index is 1.29. The third kappa shape index (κ3) is 3.38. The van der Waals surface area contributed by atoms with Crippen LogP contribution in [0.25, 0.3) is 0 Å². The number of fused-ring (bicyclic) bond motifs is 2. The maximum Gasteiger partial charge on any atom is 0.227 e. The summed E-state index contributed by atoms with van der Waals surface area (Å²) in [4.78, 5) is 24.7. The summed E-state index contributed by atoms with van der Waals surface area (Å²) in [5, 5.41) is 3.24. The van der Waals surface area contributed by atoms with Crippen molar-refractivity contribution in [1.29, 1.82) is 0 Å². The first-order valence-corrected chi connectivity index (χ1v) is 10.8. The Morgan fingerprint density at radius 1 is 1.04 bits per heavy atom. The number of rotatable bonds is 3. The molecule has 0 unspecified atom stereocenters. The molecule has 2 heterocycles. The van der Waals surface area contributed by atoms with Gasteiger partial charge in [0.25, 0.3) is 0 Å². The normalized spacial score (nSPS) is 21.1. The Bertz CT molecular complexity index is 888. The van der Waals surface area contributed by atoms with Gasteiger partial charge >= 0.3 is 0 Å². The summed E-state index contributed by atoms with van der Waals surface area (Å²) in [6.45, 7) is 2.12. The minimum atomic E-state index is 0.00758. The smallest absolute Gasteiger partial charge is 0.227 e. The zero-order valence-corrected chi connectivity index (χ0v) is 16.4. The van der Waals surface area contributed by atoms with Crippen molar-refractivity contribution in [2.75, 3.05) is 23.3 Å². The third-order valence-electron chi connectivity index (χ3n) is 6.55. The molecule has 1 aliphatic heterocycles. The number of hydrogen-bond acceptors (Lipinski definition) is 4. The fourth-order valence-corrected chi connectivity index (χ4v) is 4.92. The maximum absolute atomic E-state index is 13.0. The van der Waals surface area contributed by atoms with Crippen molar-refractivity contribution in [3.63, 3.8) is 0 Å². The van der Waals surface area contributed by atoms with Crippen LogP contribution in [-0.4, -0.2) is 29.0 Å². The van der Waals surface area contributed by atoms with Crippen LogP contribution >= 0.6 is 0 Å². The van der Waals surface area contributed by atoms with E-state index in [0.717, 1.165) is 68.1 Å². The lowest BCUT2D eigenvalue weighted by Gasteiger charge is -2.26. The number of benzene rings is 1. The summed E-state index contributed by atoms with van der Waals surface area (Å²) in [6.07, 6.45) is 11.6. The Hall–Kier alpha value is -2.43. The summed E-state index contributed by atoms with van der Waals surface area (Å²) in [5.41, 5.74) is 6.05. The van der Waals surface area contributed by atoms with E-state index >= 15 is 0 Å². The number of nitrogens with zero attached hydrogens (tertiary/aromatic N) is 3. The number of hydrogen-bond donors (Lipinski definition) is 1. The van der Waals surface area contributed by atoms with Gasteiger partial charge in [0, 0.05) is 36.6 Å². The molecule has 28 heavy (non-hydrogen) atoms. The monoisotopic (exact) mass is 376 g/mol. The average molecular weight is 377 g/mol. The molecule has 0 saturated carbocycles. The van der Waals surface area contributed by atoms with E-state index < -0.39 is 0 Å². The van der Waals surface area contributed by atoms with Crippen LogP contribution in [0.5, 0.6) is 0 Å². The van der Waals surface area contributed by atoms with Crippen LogP contribution in [0.4, 0.5) is 11.6 Å². The van der Waals surface area contributed by atoms with Gasteiger partial charge in [-0.25, -0.2) is 9.97 Å². The predicted octanol–water partition coefficient (Wildman–Crippen LogP) is 3.70. The van der Waals surface area contributed by atoms with Gasteiger partial charge in [0.1, 0.15) is 0 Å². The van der Waals surface area contributed by atoms with Gasteiger partial charge < -0.3 is 10.2 Å². The maximum atomic E-state index is 13.0. The number of carbonyl (C=O) groups is 1. The molecule has 0 spiro atoms. The fourth-order valence-electron chi connectivity index (χ4n) is 4.92. The number of nitrogens with one attached hydrogen (secondary N) is 1. The molecule has 5 nitrogen and oxygen atoms in total. The SMILES string of the molecule is O=C(Nc1cccc2c1CCCC2)[C@@H]1CCc2nc(N3CCCC3)ncc2C1. The molecule has 1 amide bonds. The summed E-state index contributed by atoms with van der Waals surface area (Å²) in [5.74, 6) is 1.02. The van der Waals surface area contributed by atoms with Crippen LogP contribution in [-0.2, 0) is 30.5 Å². The highest BCUT2D eigenvalue weighted by atomic mass is 16.1. The van der Waals surface area contributed by atoms with Gasteiger partial charge in [-0.3, -0.25) is 4.79 Å². The summed E-state index contributed by atoms with van der Waals surface area (Å²) in [7, 11) is 0. The second kappa shape index (κ2) is 7.53. The zero-order chi connectivity index (χ0) is 18.9. The molecular weight excluding hydrogens is 348 g/mol. The van der Waals surface area contributed by atoms with Gasteiger partial charge in [-0.05, 0) is 80.5 Å². The third-order valence-corrected chi connectivity index (χ3v) is 6.55. The van der Waals surface area contributed by atoms with E-state index in [2.05, 4.69) is 33.4 Å². The summed E-state index contributed by atoms with van der Waals surface area (Å²) in [6, 6.07) is 6.34. The topological polar surface area (TPSA) is 58.1 Å². The van der Waals surface area contributed by atoms with Crippen LogP contribution in [0, 0.1) is 5.92 Å². The first kappa shape index (κ1) is 17.7. The second-order valence-corrected chi connectivity index (χ2v) is 8.42. The van der Waals surface area contributed by atoms with Crippen molar-refractivity contribution in [3.8, 4) is 0 Å². The molecular formula is C23H28N4O. The highest BCUT2D eigenvalue weighted by Gasteiger charge is 2.28. The molecule has 1 atom stereocenters. The molecule has 1 N–H and O–H groups in total. The van der Waals surface area contributed by atoms with Crippen molar-refractivity contribution in [1.82, 2.24) is 9.97 Å². The molecule has 0 bridgehead atoms. The number of aromatic nitrogens is 2. The summed E-state index contributed by atoms with van der Waals surface area (Å²) >= 11 is 0. The van der Waals surface area contributed by atoms with Crippen molar-refractivity contribution in [3.05, 3.63) is 46.8 Å². The first-order valence-electron chi connectivity index (χ1n) is 10.8. The van der Waals surface area contributed by atoms with E-state index in [1.807, 2.05) is 6.20 Å². The lowest BCUT2D eigenvalue weighted by molar-refractivity contribution is -0.120. The Morgan fingerprint density at radius 3 is 2.79 bits per heavy atom. The lowest BCUT2D eigenvalue weighted by atomic mass is 9.86. The van der Waals surface area contributed by atoms with Gasteiger partial charge in [0.05, 0.1) is 0 Å². The van der Waals surface area contributed by atoms with E-state index in [1.165, 1.54) is 36.8 Å². The van der Waals surface area contributed by atoms with Crippen molar-refractivity contribution >= 4 is 17.5 Å². The molecule has 146 valence electrons. The molecule has 2 aromatic rings. The van der Waals surface area contributed by atoms with Crippen LogP contribution in [0.15, 0.2) is 24.4 Å². The first-order chi connectivity index (χ1) is 13.8. The molecule has 0 radical (unpaired) electrons. The highest BCUT2D eigenvalue weighted by Crippen LogP contribution is 2.30. The van der Waals surface area contributed by atoms with E-state index in [4.69, 9.17) is 4.98 Å². The van der Waals surface area contributed by atoms with Crippen LogP contribution in [0.1, 0.15) is 54.5 Å². The van der Waals surface area contributed by atoms with E-state index in [9.17, 15) is 4.79 Å². The Labute approximate surface area is 166 Å². The van der Waals surface area contributed by atoms with Gasteiger partial charge in [-0.1, -0.05) is 12.1 Å². The highest BCUT2D eigenvalue weighted by molar-refractivity contribution is 5.93. The minimum Gasteiger partial charge on any atom is -0.341 e. The van der Waals surface area contributed by atoms with E-state index in [-0.39, 0.29) is 11.8 Å². The van der Waals surface area contributed by atoms with Gasteiger partial charge in [-0.15, -0.1) is 0 Å². The molecule has 3 aliphatic rings. The molecule has 1 aromatic carbocycles. The average Bonchev–Trinajstić information content (AvgIpc) is 3.28. The number of amides is 1. The quantitative estimate of drug-likeness (QED) is 0.887. The summed E-state index contributed by atoms with van der Waals surface area (Å²) < 4.78 is 0. The van der Waals surface area contributed by atoms with Crippen LogP contribution in [0.2, 0.25) is 0 Å². The van der Waals surface area contributed by atoms with Gasteiger partial charge in [0.15, 0.2) is 0 Å². The van der Waals surface area contributed by atoms with E-state index in [0.29, 0.717) is 0 Å². The van der Waals surface area contributed by atoms with Crippen molar-refractivity contribution < 1.29 is 4.79 Å². The molecule has 5 rings (SSSR count). The molecule has 1 fully saturated rings. The van der Waals surface area contributed by atoms with Crippen LogP contribution < -0.4 is 10.2 Å². The number of anilines is 2. The second-order valence-electron chi connectivity index (χ2n) is 8.42. The number of aryl methyl sites for hydroxylation is 2. The van der Waals surface area contributed by atoms with Gasteiger partial charge in [-0.2, -0.15) is 0 Å². The van der Waals surface area contributed by atoms with Gasteiger partial charge in [0.2, 0.25) is 11.9 Å². The lowest BCUT2D eigenvalue weighted by Crippen LogP contribution is -2.30. The van der Waals surface area contributed by atoms with E-state index in [1.54, 1.807) is 0 Å². The molecule has 2 aliphatic carbocycles. The Morgan fingerprint density at radius 2 is 1.89 bits per heavy atom. The van der Waals surface area contributed by atoms with Crippen molar-refractivity contribution in [2.24, 2.45) is 5.92 Å². The van der Waals surface area contributed by atoms with Crippen molar-refractivity contribution in [2.45, 2.75) is 57.8 Å².